The summed E-state index contributed by atoms with van der Waals surface area (Å²) in [4.78, 5) is 37.8. The van der Waals surface area contributed by atoms with Crippen LogP contribution >= 0.6 is 46.4 Å². The number of hydrogen-bond acceptors (Lipinski definition) is 4. The number of rotatable bonds is 10. The Kier molecular flexibility index (Phi) is 10.7. The molecular weight excluding hydrogens is 518 g/mol. The van der Waals surface area contributed by atoms with E-state index in [1.165, 1.54) is 0 Å². The normalized spacial score (nSPS) is 15.8. The lowest BCUT2D eigenvalue weighted by atomic mass is 10.1. The Labute approximate surface area is 220 Å². The number of amides is 2. The maximum Gasteiger partial charge on any atom is 0.272 e. The van der Waals surface area contributed by atoms with Crippen LogP contribution in [0.4, 0.5) is 0 Å². The maximum atomic E-state index is 12.8. The molecule has 1 aliphatic heterocycles. The Hall–Kier alpha value is -1.60. The number of carbonyl (C=O) groups is 2. The fraction of sp³-hybridized carbons (Fsp3) is 0.500. The topological polar surface area (TPSA) is 66.4 Å². The van der Waals surface area contributed by atoms with E-state index in [-0.39, 0.29) is 22.6 Å². The molecule has 2 atom stereocenters. The summed E-state index contributed by atoms with van der Waals surface area (Å²) in [6.07, 6.45) is 6.47. The van der Waals surface area contributed by atoms with Crippen LogP contribution in [0.3, 0.4) is 0 Å². The second kappa shape index (κ2) is 13.5. The molecule has 184 valence electrons. The molecule has 0 aromatic carbocycles. The van der Waals surface area contributed by atoms with Crippen molar-refractivity contribution in [1.82, 2.24) is 19.8 Å². The highest BCUT2D eigenvalue weighted by Gasteiger charge is 2.26. The summed E-state index contributed by atoms with van der Waals surface area (Å²) in [6.45, 7) is 1.80. The summed E-state index contributed by atoms with van der Waals surface area (Å²) in [6, 6.07) is 7.28. The number of aromatic nitrogens is 2. The fourth-order valence-corrected chi connectivity index (χ4v) is 4.16. The summed E-state index contributed by atoms with van der Waals surface area (Å²) >= 11 is 23.6. The molecule has 0 saturated carbocycles. The van der Waals surface area contributed by atoms with Gasteiger partial charge in [-0.25, -0.2) is 0 Å². The number of pyridine rings is 2. The summed E-state index contributed by atoms with van der Waals surface area (Å²) in [5, 5.41) is -0.148. The number of nitrogens with zero attached hydrogens (tertiary/aromatic N) is 4. The molecular formula is C24H28Cl4N4O2. The van der Waals surface area contributed by atoms with Gasteiger partial charge in [0.25, 0.3) is 11.8 Å². The monoisotopic (exact) mass is 544 g/mol. The molecule has 0 aliphatic carbocycles. The quantitative estimate of drug-likeness (QED) is 0.408. The van der Waals surface area contributed by atoms with Crippen molar-refractivity contribution >= 4 is 58.2 Å². The van der Waals surface area contributed by atoms with E-state index in [0.717, 1.165) is 36.8 Å². The summed E-state index contributed by atoms with van der Waals surface area (Å²) < 4.78 is 0. The second-order valence-corrected chi connectivity index (χ2v) is 10.1. The molecule has 2 aromatic heterocycles. The van der Waals surface area contributed by atoms with Crippen LogP contribution in [0, 0.1) is 0 Å². The van der Waals surface area contributed by atoms with Crippen molar-refractivity contribution in [3.8, 4) is 0 Å². The van der Waals surface area contributed by atoms with Crippen molar-refractivity contribution in [1.29, 1.82) is 0 Å². The van der Waals surface area contributed by atoms with E-state index in [0.29, 0.717) is 49.3 Å². The Balaban J connectivity index is 1.48. The Morgan fingerprint density at radius 3 is 1.41 bits per heavy atom. The van der Waals surface area contributed by atoms with Gasteiger partial charge in [0.05, 0.1) is 0 Å². The molecule has 0 radical (unpaired) electrons. The first-order valence-corrected chi connectivity index (χ1v) is 13.2. The van der Waals surface area contributed by atoms with Crippen molar-refractivity contribution in [3.63, 3.8) is 0 Å². The van der Waals surface area contributed by atoms with E-state index >= 15 is 0 Å². The zero-order chi connectivity index (χ0) is 24.5. The van der Waals surface area contributed by atoms with Gasteiger partial charge in [-0.1, -0.05) is 12.1 Å². The molecule has 34 heavy (non-hydrogen) atoms. The maximum absolute atomic E-state index is 12.8. The van der Waals surface area contributed by atoms with E-state index in [2.05, 4.69) is 9.97 Å². The van der Waals surface area contributed by atoms with Gasteiger partial charge in [0, 0.05) is 61.1 Å². The van der Waals surface area contributed by atoms with Crippen LogP contribution in [0.25, 0.3) is 0 Å². The molecule has 1 saturated heterocycles. The van der Waals surface area contributed by atoms with E-state index < -0.39 is 0 Å². The standard InChI is InChI=1S/C24H28Cl4N4O2/c25-13-19(27)5-1-17-3-7-21(29-15-17)23(33)31-9-11-32(12-10-31)24(34)22-8-4-18(16-30-22)2-6-20(28)14-26/h3-4,7-8,15-16,19-20H,1-2,5-6,9-14H2. The Morgan fingerprint density at radius 1 is 0.735 bits per heavy atom. The lowest BCUT2D eigenvalue weighted by Gasteiger charge is -2.34. The predicted octanol–water partition coefficient (Wildman–Crippen LogP) is 4.63. The number of piperazine rings is 1. The molecule has 2 unspecified atom stereocenters. The van der Waals surface area contributed by atoms with Crippen LogP contribution in [0.2, 0.25) is 0 Å². The molecule has 0 spiro atoms. The lowest BCUT2D eigenvalue weighted by Crippen LogP contribution is -2.50. The number of alkyl halides is 4. The summed E-state index contributed by atoms with van der Waals surface area (Å²) in [7, 11) is 0. The van der Waals surface area contributed by atoms with Crippen LogP contribution in [0.15, 0.2) is 36.7 Å². The van der Waals surface area contributed by atoms with Crippen LogP contribution in [-0.4, -0.2) is 80.3 Å². The van der Waals surface area contributed by atoms with E-state index in [9.17, 15) is 9.59 Å². The zero-order valence-corrected chi connectivity index (χ0v) is 21.8. The molecule has 0 bridgehead atoms. The van der Waals surface area contributed by atoms with Crippen LogP contribution in [-0.2, 0) is 12.8 Å². The molecule has 3 rings (SSSR count). The lowest BCUT2D eigenvalue weighted by molar-refractivity contribution is 0.0529. The number of carbonyl (C=O) groups excluding carboxylic acids is 2. The van der Waals surface area contributed by atoms with Gasteiger partial charge in [0.2, 0.25) is 0 Å². The van der Waals surface area contributed by atoms with Gasteiger partial charge >= 0.3 is 0 Å². The average molecular weight is 546 g/mol. The van der Waals surface area contributed by atoms with Crippen molar-refractivity contribution < 1.29 is 9.59 Å². The van der Waals surface area contributed by atoms with Gasteiger partial charge in [-0.15, -0.1) is 46.4 Å². The first kappa shape index (κ1) is 27.0. The molecule has 3 heterocycles. The van der Waals surface area contributed by atoms with E-state index in [1.54, 1.807) is 34.3 Å². The smallest absolute Gasteiger partial charge is 0.272 e. The average Bonchev–Trinajstić information content (AvgIpc) is 2.90. The fourth-order valence-electron chi connectivity index (χ4n) is 3.64. The molecule has 0 N–H and O–H groups in total. The third-order valence-corrected chi connectivity index (χ3v) is 7.58. The minimum absolute atomic E-state index is 0.0742. The number of aryl methyl sites for hydroxylation is 2. The van der Waals surface area contributed by atoms with Crippen molar-refractivity contribution in [2.75, 3.05) is 37.9 Å². The zero-order valence-electron chi connectivity index (χ0n) is 18.8. The number of hydrogen-bond donors (Lipinski definition) is 0. The van der Waals surface area contributed by atoms with Gasteiger partial charge < -0.3 is 9.80 Å². The molecule has 2 aromatic rings. The van der Waals surface area contributed by atoms with Crippen LogP contribution < -0.4 is 0 Å². The highest BCUT2D eigenvalue weighted by Crippen LogP contribution is 2.15. The first-order chi connectivity index (χ1) is 16.4. The summed E-state index contributed by atoms with van der Waals surface area (Å²) in [5.41, 5.74) is 2.83. The third-order valence-electron chi connectivity index (χ3n) is 5.77. The van der Waals surface area contributed by atoms with Gasteiger partial charge in [0.15, 0.2) is 0 Å². The molecule has 1 fully saturated rings. The van der Waals surface area contributed by atoms with Crippen molar-refractivity contribution in [2.24, 2.45) is 0 Å². The Bertz CT molecular complexity index is 857. The van der Waals surface area contributed by atoms with Gasteiger partial charge in [-0.2, -0.15) is 0 Å². The van der Waals surface area contributed by atoms with Gasteiger partial charge in [-0.3, -0.25) is 19.6 Å². The van der Waals surface area contributed by atoms with Gasteiger partial charge in [-0.05, 0) is 48.9 Å². The van der Waals surface area contributed by atoms with Crippen molar-refractivity contribution in [3.05, 3.63) is 59.2 Å². The highest BCUT2D eigenvalue weighted by molar-refractivity contribution is 6.28. The first-order valence-electron chi connectivity index (χ1n) is 11.3. The number of halogens is 4. The minimum atomic E-state index is -0.133. The Morgan fingerprint density at radius 2 is 1.12 bits per heavy atom. The minimum Gasteiger partial charge on any atom is -0.334 e. The second-order valence-electron chi connectivity index (χ2n) is 8.27. The van der Waals surface area contributed by atoms with E-state index in [1.807, 2.05) is 12.1 Å². The largest absolute Gasteiger partial charge is 0.334 e. The molecule has 10 heteroatoms. The van der Waals surface area contributed by atoms with Crippen LogP contribution in [0.1, 0.15) is 44.9 Å². The van der Waals surface area contributed by atoms with Gasteiger partial charge in [0.1, 0.15) is 11.4 Å². The summed E-state index contributed by atoms with van der Waals surface area (Å²) in [5.74, 6) is 0.551. The molecule has 1 aliphatic rings. The van der Waals surface area contributed by atoms with Crippen molar-refractivity contribution in [2.45, 2.75) is 36.4 Å². The molecule has 6 nitrogen and oxygen atoms in total. The van der Waals surface area contributed by atoms with Crippen LogP contribution in [0.5, 0.6) is 0 Å². The van der Waals surface area contributed by atoms with E-state index in [4.69, 9.17) is 46.4 Å². The SMILES string of the molecule is O=C(c1ccc(CCC(Cl)CCl)cn1)N1CCN(C(=O)c2ccc(CCC(Cl)CCl)cn2)CC1. The third kappa shape index (κ3) is 7.70. The molecule has 2 amide bonds. The predicted molar refractivity (Wildman–Crippen MR) is 138 cm³/mol. The highest BCUT2D eigenvalue weighted by atomic mass is 35.5.